The topological polar surface area (TPSA) is 162 Å². The molecular formula is C24H22N6O6. The van der Waals surface area contributed by atoms with Crippen LogP contribution in [0.4, 0.5) is 11.5 Å². The number of aromatic amines is 1. The Balaban J connectivity index is 1.57. The Kier molecular flexibility index (Phi) is 6.50. The summed E-state index contributed by atoms with van der Waals surface area (Å²) in [4.78, 5) is 65.7. The quantitative estimate of drug-likeness (QED) is 0.363. The van der Waals surface area contributed by atoms with Gasteiger partial charge in [0.05, 0.1) is 11.9 Å². The zero-order chi connectivity index (χ0) is 26.0. The number of carbonyl (C=O) groups is 2. The summed E-state index contributed by atoms with van der Waals surface area (Å²) < 4.78 is 7.27. The fraction of sp³-hybridized carbons (Fsp3) is 0.167. The molecule has 3 N–H and O–H groups in total. The average Bonchev–Trinajstić information content (AvgIpc) is 2.87. The van der Waals surface area contributed by atoms with Gasteiger partial charge in [-0.2, -0.15) is 5.10 Å². The molecular weight excluding hydrogens is 468 g/mol. The number of fused-ring (bicyclic) bond motifs is 1. The number of nitrogen functional groups attached to an aromatic ring is 1. The highest BCUT2D eigenvalue weighted by atomic mass is 16.5. The van der Waals surface area contributed by atoms with Gasteiger partial charge in [0.1, 0.15) is 5.82 Å². The summed E-state index contributed by atoms with van der Waals surface area (Å²) >= 11 is 0. The van der Waals surface area contributed by atoms with E-state index in [-0.39, 0.29) is 34.5 Å². The second kappa shape index (κ2) is 9.70. The molecule has 0 fully saturated rings. The smallest absolute Gasteiger partial charge is 0.359 e. The van der Waals surface area contributed by atoms with Gasteiger partial charge in [-0.1, -0.05) is 48.5 Å². The molecule has 0 atom stereocenters. The standard InChI is InChI=1S/C24H22N6O6/c1-28(19-20(25)30(24(35)26-21(19)32)12-14-8-4-3-5-9-14)17(31)13-36-23(34)18-15-10-6-7-11-16(15)22(33)29(2)27-18/h3-11H,12-13,25H2,1-2H3,(H,26,32,35). The summed E-state index contributed by atoms with van der Waals surface area (Å²) in [7, 11) is 2.66. The van der Waals surface area contributed by atoms with Crippen molar-refractivity contribution < 1.29 is 14.3 Å². The van der Waals surface area contributed by atoms with E-state index in [9.17, 15) is 24.0 Å². The van der Waals surface area contributed by atoms with Gasteiger partial charge in [-0.25, -0.2) is 14.3 Å². The first-order chi connectivity index (χ1) is 17.2. The van der Waals surface area contributed by atoms with Gasteiger partial charge < -0.3 is 15.4 Å². The number of hydrogen-bond acceptors (Lipinski definition) is 8. The number of nitrogens with one attached hydrogen (secondary N) is 1. The molecule has 2 aromatic carbocycles. The third-order valence-corrected chi connectivity index (χ3v) is 5.58. The molecule has 0 radical (unpaired) electrons. The van der Waals surface area contributed by atoms with Gasteiger partial charge in [-0.15, -0.1) is 0 Å². The van der Waals surface area contributed by atoms with Crippen LogP contribution in [0.5, 0.6) is 0 Å². The molecule has 0 aliphatic rings. The van der Waals surface area contributed by atoms with Crippen LogP contribution in [-0.2, 0) is 23.1 Å². The Morgan fingerprint density at radius 1 is 1.03 bits per heavy atom. The molecule has 0 aliphatic heterocycles. The Morgan fingerprint density at radius 3 is 2.36 bits per heavy atom. The number of rotatable bonds is 6. The first-order valence-corrected chi connectivity index (χ1v) is 10.7. The molecule has 0 unspecified atom stereocenters. The van der Waals surface area contributed by atoms with E-state index in [4.69, 9.17) is 10.5 Å². The molecule has 0 aliphatic carbocycles. The van der Waals surface area contributed by atoms with Crippen LogP contribution in [0.2, 0.25) is 0 Å². The predicted octanol–water partition coefficient (Wildman–Crippen LogP) is 0.234. The van der Waals surface area contributed by atoms with Gasteiger partial charge in [-0.3, -0.25) is 23.9 Å². The minimum Gasteiger partial charge on any atom is -0.451 e. The number of esters is 1. The molecule has 12 nitrogen and oxygen atoms in total. The molecule has 4 rings (SSSR count). The normalized spacial score (nSPS) is 10.8. The highest BCUT2D eigenvalue weighted by Gasteiger charge is 2.24. The third-order valence-electron chi connectivity index (χ3n) is 5.58. The van der Waals surface area contributed by atoms with Crippen molar-refractivity contribution in [2.45, 2.75) is 6.54 Å². The zero-order valence-electron chi connectivity index (χ0n) is 19.4. The lowest BCUT2D eigenvalue weighted by atomic mass is 10.1. The largest absolute Gasteiger partial charge is 0.451 e. The molecule has 184 valence electrons. The number of likely N-dealkylation sites (N-methyl/N-ethyl adjacent to an activating group) is 1. The number of nitrogens with two attached hydrogens (primary N) is 1. The monoisotopic (exact) mass is 490 g/mol. The molecule has 4 aromatic rings. The van der Waals surface area contributed by atoms with E-state index < -0.39 is 35.3 Å². The maximum absolute atomic E-state index is 12.8. The number of hydrogen-bond donors (Lipinski definition) is 2. The summed E-state index contributed by atoms with van der Waals surface area (Å²) in [5.74, 6) is -1.93. The van der Waals surface area contributed by atoms with Crippen LogP contribution < -0.4 is 27.4 Å². The van der Waals surface area contributed by atoms with E-state index in [1.54, 1.807) is 48.5 Å². The maximum Gasteiger partial charge on any atom is 0.359 e. The Morgan fingerprint density at radius 2 is 1.67 bits per heavy atom. The van der Waals surface area contributed by atoms with Gasteiger partial charge in [0.2, 0.25) is 0 Å². The molecule has 36 heavy (non-hydrogen) atoms. The van der Waals surface area contributed by atoms with Crippen molar-refractivity contribution >= 4 is 34.2 Å². The number of H-pyrrole nitrogens is 1. The number of nitrogens with zero attached hydrogens (tertiary/aromatic N) is 4. The first kappa shape index (κ1) is 24.1. The number of carbonyl (C=O) groups excluding carboxylic acids is 2. The summed E-state index contributed by atoms with van der Waals surface area (Å²) in [6.45, 7) is -0.678. The number of benzene rings is 2. The lowest BCUT2D eigenvalue weighted by molar-refractivity contribution is -0.121. The number of anilines is 2. The molecule has 0 saturated heterocycles. The van der Waals surface area contributed by atoms with Crippen LogP contribution in [-0.4, -0.2) is 44.9 Å². The fourth-order valence-electron chi connectivity index (χ4n) is 3.69. The zero-order valence-corrected chi connectivity index (χ0v) is 19.4. The van der Waals surface area contributed by atoms with Gasteiger partial charge in [0, 0.05) is 19.5 Å². The number of aryl methyl sites for hydroxylation is 1. The minimum absolute atomic E-state index is 0.0672. The van der Waals surface area contributed by atoms with Crippen LogP contribution in [0.3, 0.4) is 0 Å². The highest BCUT2D eigenvalue weighted by molar-refractivity contribution is 6.03. The SMILES string of the molecule is CN(C(=O)COC(=O)c1nn(C)c(=O)c2ccccc12)c1c(N)n(Cc2ccccc2)c(=O)[nH]c1=O. The van der Waals surface area contributed by atoms with E-state index in [0.717, 1.165) is 19.7 Å². The maximum atomic E-state index is 12.8. The third kappa shape index (κ3) is 4.51. The van der Waals surface area contributed by atoms with E-state index in [1.165, 1.54) is 14.1 Å². The van der Waals surface area contributed by atoms with Gasteiger partial charge >= 0.3 is 11.7 Å². The predicted molar refractivity (Wildman–Crippen MR) is 132 cm³/mol. The van der Waals surface area contributed by atoms with Crippen molar-refractivity contribution in [1.82, 2.24) is 19.3 Å². The highest BCUT2D eigenvalue weighted by Crippen LogP contribution is 2.17. The summed E-state index contributed by atoms with van der Waals surface area (Å²) in [5, 5.41) is 4.51. The molecule has 12 heteroatoms. The minimum atomic E-state index is -0.931. The fourth-order valence-corrected chi connectivity index (χ4v) is 3.69. The van der Waals surface area contributed by atoms with E-state index in [0.29, 0.717) is 0 Å². The van der Waals surface area contributed by atoms with Crippen molar-refractivity contribution in [2.24, 2.45) is 7.05 Å². The second-order valence-corrected chi connectivity index (χ2v) is 7.92. The summed E-state index contributed by atoms with van der Waals surface area (Å²) in [5.41, 5.74) is 4.47. The van der Waals surface area contributed by atoms with Crippen LogP contribution in [0.15, 0.2) is 69.0 Å². The second-order valence-electron chi connectivity index (χ2n) is 7.92. The van der Waals surface area contributed by atoms with Crippen LogP contribution >= 0.6 is 0 Å². The first-order valence-electron chi connectivity index (χ1n) is 10.7. The Bertz CT molecular complexity index is 1650. The van der Waals surface area contributed by atoms with Gasteiger partial charge in [0.15, 0.2) is 18.0 Å². The molecule has 0 saturated carbocycles. The molecule has 1 amide bonds. The lowest BCUT2D eigenvalue weighted by Gasteiger charge is -2.20. The van der Waals surface area contributed by atoms with Crippen molar-refractivity contribution in [2.75, 3.05) is 24.3 Å². The number of ether oxygens (including phenoxy) is 1. The van der Waals surface area contributed by atoms with Crippen molar-refractivity contribution in [3.8, 4) is 0 Å². The Hall–Kier alpha value is -5.00. The molecule has 2 heterocycles. The summed E-state index contributed by atoms with van der Waals surface area (Å²) in [6.07, 6.45) is 0. The molecule has 0 spiro atoms. The van der Waals surface area contributed by atoms with Crippen molar-refractivity contribution in [3.05, 3.63) is 97.0 Å². The van der Waals surface area contributed by atoms with E-state index in [1.807, 2.05) is 6.07 Å². The van der Waals surface area contributed by atoms with E-state index >= 15 is 0 Å². The van der Waals surface area contributed by atoms with Crippen LogP contribution in [0.1, 0.15) is 16.1 Å². The van der Waals surface area contributed by atoms with Crippen LogP contribution in [0.25, 0.3) is 10.8 Å². The number of aromatic nitrogens is 4. The number of amides is 1. The van der Waals surface area contributed by atoms with Crippen molar-refractivity contribution in [3.63, 3.8) is 0 Å². The van der Waals surface area contributed by atoms with Gasteiger partial charge in [-0.05, 0) is 11.6 Å². The van der Waals surface area contributed by atoms with Crippen molar-refractivity contribution in [1.29, 1.82) is 0 Å². The lowest BCUT2D eigenvalue weighted by Crippen LogP contribution is -2.40. The van der Waals surface area contributed by atoms with Crippen LogP contribution in [0, 0.1) is 0 Å². The average molecular weight is 490 g/mol. The van der Waals surface area contributed by atoms with Gasteiger partial charge in [0.25, 0.3) is 17.0 Å². The Labute approximate surface area is 203 Å². The molecule has 2 aromatic heterocycles. The molecule has 0 bridgehead atoms. The van der Waals surface area contributed by atoms with E-state index in [2.05, 4.69) is 10.1 Å². The summed E-state index contributed by atoms with van der Waals surface area (Å²) in [6, 6.07) is 15.3.